The zero-order valence-corrected chi connectivity index (χ0v) is 16.5. The van der Waals surface area contributed by atoms with Gasteiger partial charge < -0.3 is 0 Å². The number of aromatic amines is 1. The molecule has 2 N–H and O–H groups in total. The first-order valence-electron chi connectivity index (χ1n) is 9.50. The van der Waals surface area contributed by atoms with E-state index in [0.29, 0.717) is 16.8 Å². The SMILES string of the molecule is CC(C)n1cnc(NC(=O)c2c(-c3ccccc3)c(-c3ccccc3)n[nH]c2=O)n1. The quantitative estimate of drug-likeness (QED) is 0.533. The van der Waals surface area contributed by atoms with Crippen molar-refractivity contribution in [3.63, 3.8) is 0 Å². The average Bonchev–Trinajstić information content (AvgIpc) is 3.23. The summed E-state index contributed by atoms with van der Waals surface area (Å²) in [5, 5.41) is 13.6. The predicted molar refractivity (Wildman–Crippen MR) is 114 cm³/mol. The highest BCUT2D eigenvalue weighted by Gasteiger charge is 2.24. The molecule has 8 heteroatoms. The molecule has 0 spiro atoms. The Morgan fingerprint density at radius 2 is 1.63 bits per heavy atom. The maximum absolute atomic E-state index is 13.1. The van der Waals surface area contributed by atoms with Gasteiger partial charge in [-0.1, -0.05) is 60.7 Å². The van der Waals surface area contributed by atoms with Crippen molar-refractivity contribution in [3.05, 3.63) is 82.9 Å². The summed E-state index contributed by atoms with van der Waals surface area (Å²) in [6.45, 7) is 3.90. The molecule has 0 saturated carbocycles. The van der Waals surface area contributed by atoms with E-state index in [1.54, 1.807) is 4.68 Å². The minimum absolute atomic E-state index is 0.0454. The van der Waals surface area contributed by atoms with Crippen molar-refractivity contribution in [1.82, 2.24) is 25.0 Å². The Labute approximate surface area is 172 Å². The normalized spacial score (nSPS) is 10.9. The zero-order chi connectivity index (χ0) is 21.1. The van der Waals surface area contributed by atoms with Crippen molar-refractivity contribution < 1.29 is 4.79 Å². The smallest absolute Gasteiger partial charge is 0.277 e. The first-order valence-corrected chi connectivity index (χ1v) is 9.50. The molecule has 0 aliphatic carbocycles. The van der Waals surface area contributed by atoms with E-state index in [9.17, 15) is 9.59 Å². The Morgan fingerprint density at radius 3 is 2.23 bits per heavy atom. The van der Waals surface area contributed by atoms with Gasteiger partial charge in [0.25, 0.3) is 11.5 Å². The summed E-state index contributed by atoms with van der Waals surface area (Å²) >= 11 is 0. The van der Waals surface area contributed by atoms with Gasteiger partial charge in [0.05, 0.1) is 5.69 Å². The molecule has 2 aromatic heterocycles. The third-order valence-electron chi connectivity index (χ3n) is 4.58. The zero-order valence-electron chi connectivity index (χ0n) is 16.5. The van der Waals surface area contributed by atoms with E-state index in [-0.39, 0.29) is 17.6 Å². The minimum Gasteiger partial charge on any atom is -0.289 e. The standard InChI is InChI=1S/C22H20N6O2/c1-14(2)28-13-23-22(27-28)24-20(29)18-17(15-9-5-3-6-10-15)19(25-26-21(18)30)16-11-7-4-8-12-16/h3-14H,1-2H3,(H,26,30)(H,24,27,29). The van der Waals surface area contributed by atoms with Gasteiger partial charge in [-0.3, -0.25) is 14.9 Å². The number of anilines is 1. The minimum atomic E-state index is -0.601. The van der Waals surface area contributed by atoms with Gasteiger partial charge in [0.1, 0.15) is 11.9 Å². The highest BCUT2D eigenvalue weighted by Crippen LogP contribution is 2.31. The van der Waals surface area contributed by atoms with E-state index in [1.807, 2.05) is 74.5 Å². The Hall–Kier alpha value is -4.07. The number of carbonyl (C=O) groups excluding carboxylic acids is 1. The van der Waals surface area contributed by atoms with E-state index >= 15 is 0 Å². The van der Waals surface area contributed by atoms with Crippen LogP contribution in [0.1, 0.15) is 30.2 Å². The van der Waals surface area contributed by atoms with Crippen molar-refractivity contribution in [2.45, 2.75) is 19.9 Å². The molecule has 0 aliphatic heterocycles. The molecule has 0 bridgehead atoms. The van der Waals surface area contributed by atoms with Crippen LogP contribution >= 0.6 is 0 Å². The van der Waals surface area contributed by atoms with Crippen LogP contribution in [0.2, 0.25) is 0 Å². The van der Waals surface area contributed by atoms with Crippen molar-refractivity contribution in [2.75, 3.05) is 5.32 Å². The molecule has 150 valence electrons. The van der Waals surface area contributed by atoms with Crippen LogP contribution < -0.4 is 10.9 Å². The number of nitrogens with zero attached hydrogens (tertiary/aromatic N) is 4. The summed E-state index contributed by atoms with van der Waals surface area (Å²) in [4.78, 5) is 30.0. The van der Waals surface area contributed by atoms with Crippen LogP contribution in [0.4, 0.5) is 5.95 Å². The summed E-state index contributed by atoms with van der Waals surface area (Å²) in [6.07, 6.45) is 1.53. The lowest BCUT2D eigenvalue weighted by Crippen LogP contribution is -2.26. The Balaban J connectivity index is 1.86. The van der Waals surface area contributed by atoms with Crippen LogP contribution in [0.25, 0.3) is 22.4 Å². The number of hydrogen-bond acceptors (Lipinski definition) is 5. The van der Waals surface area contributed by atoms with Gasteiger partial charge in [0, 0.05) is 17.2 Å². The van der Waals surface area contributed by atoms with E-state index in [0.717, 1.165) is 5.56 Å². The molecule has 2 heterocycles. The lowest BCUT2D eigenvalue weighted by Gasteiger charge is -2.13. The van der Waals surface area contributed by atoms with E-state index < -0.39 is 11.5 Å². The highest BCUT2D eigenvalue weighted by molar-refractivity contribution is 6.09. The van der Waals surface area contributed by atoms with E-state index in [1.165, 1.54) is 6.33 Å². The van der Waals surface area contributed by atoms with Crippen molar-refractivity contribution in [2.24, 2.45) is 0 Å². The van der Waals surface area contributed by atoms with Gasteiger partial charge in [0.2, 0.25) is 5.95 Å². The Bertz CT molecular complexity index is 1230. The van der Waals surface area contributed by atoms with Crippen LogP contribution in [0.3, 0.4) is 0 Å². The highest BCUT2D eigenvalue weighted by atomic mass is 16.2. The van der Waals surface area contributed by atoms with E-state index in [2.05, 4.69) is 25.6 Å². The largest absolute Gasteiger partial charge is 0.289 e. The molecule has 4 aromatic rings. The first kappa shape index (κ1) is 19.3. The van der Waals surface area contributed by atoms with Crippen LogP contribution in [0.5, 0.6) is 0 Å². The first-order chi connectivity index (χ1) is 14.5. The third kappa shape index (κ3) is 3.75. The Morgan fingerprint density at radius 1 is 1.00 bits per heavy atom. The van der Waals surface area contributed by atoms with Crippen molar-refractivity contribution >= 4 is 11.9 Å². The summed E-state index contributed by atoms with van der Waals surface area (Å²) in [5.74, 6) is -0.471. The van der Waals surface area contributed by atoms with Gasteiger partial charge in [0.15, 0.2) is 0 Å². The second-order valence-electron chi connectivity index (χ2n) is 6.98. The van der Waals surface area contributed by atoms with Crippen LogP contribution in [0.15, 0.2) is 71.8 Å². The van der Waals surface area contributed by atoms with Crippen LogP contribution in [0, 0.1) is 0 Å². The molecule has 0 saturated heterocycles. The summed E-state index contributed by atoms with van der Waals surface area (Å²) in [7, 11) is 0. The third-order valence-corrected chi connectivity index (χ3v) is 4.58. The second-order valence-corrected chi connectivity index (χ2v) is 6.98. The number of nitrogens with one attached hydrogen (secondary N) is 2. The van der Waals surface area contributed by atoms with E-state index in [4.69, 9.17) is 0 Å². The molecule has 2 aromatic carbocycles. The number of carbonyl (C=O) groups is 1. The fourth-order valence-electron chi connectivity index (χ4n) is 3.10. The number of amides is 1. The van der Waals surface area contributed by atoms with Gasteiger partial charge in [-0.25, -0.2) is 14.8 Å². The number of aromatic nitrogens is 5. The van der Waals surface area contributed by atoms with Crippen LogP contribution in [-0.4, -0.2) is 30.9 Å². The summed E-state index contributed by atoms with van der Waals surface area (Å²) < 4.78 is 1.62. The molecule has 4 rings (SSSR count). The van der Waals surface area contributed by atoms with Crippen molar-refractivity contribution in [3.8, 4) is 22.4 Å². The predicted octanol–water partition coefficient (Wildman–Crippen LogP) is 3.53. The molecule has 0 unspecified atom stereocenters. The lowest BCUT2D eigenvalue weighted by molar-refractivity contribution is 0.102. The molecule has 0 aliphatic rings. The maximum atomic E-state index is 13.1. The molecule has 0 atom stereocenters. The molecule has 8 nitrogen and oxygen atoms in total. The van der Waals surface area contributed by atoms with Crippen LogP contribution in [-0.2, 0) is 0 Å². The fourth-order valence-corrected chi connectivity index (χ4v) is 3.10. The van der Waals surface area contributed by atoms with Crippen molar-refractivity contribution in [1.29, 1.82) is 0 Å². The molecule has 1 amide bonds. The van der Waals surface area contributed by atoms with Gasteiger partial charge in [-0.2, -0.15) is 5.10 Å². The number of H-pyrrole nitrogens is 1. The second kappa shape index (κ2) is 8.12. The molecular weight excluding hydrogens is 380 g/mol. The molecule has 0 radical (unpaired) electrons. The van der Waals surface area contributed by atoms with Gasteiger partial charge >= 0.3 is 0 Å². The summed E-state index contributed by atoms with van der Waals surface area (Å²) in [5.41, 5.74) is 1.81. The average molecular weight is 400 g/mol. The monoisotopic (exact) mass is 400 g/mol. The number of benzene rings is 2. The Kier molecular flexibility index (Phi) is 5.21. The number of hydrogen-bond donors (Lipinski definition) is 2. The topological polar surface area (TPSA) is 106 Å². The number of rotatable bonds is 5. The molecule has 30 heavy (non-hydrogen) atoms. The molecule has 0 fully saturated rings. The maximum Gasteiger partial charge on any atom is 0.277 e. The van der Waals surface area contributed by atoms with Gasteiger partial charge in [-0.05, 0) is 19.4 Å². The molecular formula is C22H20N6O2. The lowest BCUT2D eigenvalue weighted by atomic mass is 9.95. The fraction of sp³-hybridized carbons (Fsp3) is 0.136. The van der Waals surface area contributed by atoms with Gasteiger partial charge in [-0.15, -0.1) is 5.10 Å². The summed E-state index contributed by atoms with van der Waals surface area (Å²) in [6, 6.07) is 18.7.